The van der Waals surface area contributed by atoms with Gasteiger partial charge in [0, 0.05) is 20.1 Å². The molecule has 0 aliphatic heterocycles. The molecule has 1 aromatic carbocycles. The summed E-state index contributed by atoms with van der Waals surface area (Å²) in [5.74, 6) is -0.462. The molecule has 0 bridgehead atoms. The molecule has 0 spiro atoms. The van der Waals surface area contributed by atoms with Gasteiger partial charge in [-0.1, -0.05) is 36.8 Å². The summed E-state index contributed by atoms with van der Waals surface area (Å²) in [7, 11) is -0.700. The molecule has 0 unspecified atom stereocenters. The van der Waals surface area contributed by atoms with Gasteiger partial charge in [-0.05, 0) is 12.5 Å². The number of carbonyl (C=O) groups excluding carboxylic acids is 1. The molecule has 0 heterocycles. The van der Waals surface area contributed by atoms with Crippen LogP contribution in [-0.4, -0.2) is 26.2 Å². The summed E-state index contributed by atoms with van der Waals surface area (Å²) in [6, 6.07) is 7.71. The van der Waals surface area contributed by atoms with Crippen molar-refractivity contribution in [1.29, 1.82) is 0 Å². The van der Waals surface area contributed by atoms with E-state index in [0.717, 1.165) is 11.1 Å². The van der Waals surface area contributed by atoms with Crippen molar-refractivity contribution in [3.05, 3.63) is 35.4 Å². The lowest BCUT2D eigenvalue weighted by Gasteiger charge is -2.16. The Balaban J connectivity index is 2.82. The van der Waals surface area contributed by atoms with E-state index in [1.807, 2.05) is 31.2 Å². The number of hydrogen-bond acceptors (Lipinski definition) is 4. The highest BCUT2D eigenvalue weighted by Crippen LogP contribution is 2.47. The second kappa shape index (κ2) is 6.28. The predicted octanol–water partition coefficient (Wildman–Crippen LogP) is 3.15. The predicted molar refractivity (Wildman–Crippen MR) is 71.1 cm³/mol. The number of Topliss-reactive ketones (excluding diaryl/α,β-unsaturated/α-hetero) is 1. The average molecular weight is 270 g/mol. The second-order valence-corrected chi connectivity index (χ2v) is 6.50. The first-order chi connectivity index (χ1) is 8.41. The summed E-state index contributed by atoms with van der Waals surface area (Å²) in [4.78, 5) is 12.1. The molecule has 0 radical (unpaired) electrons. The number of carbonyl (C=O) groups is 1. The van der Waals surface area contributed by atoms with E-state index in [0.29, 0.717) is 0 Å². The molecule has 0 aliphatic carbocycles. The maximum Gasteiger partial charge on any atom is 0.337 e. The van der Waals surface area contributed by atoms with Crippen LogP contribution in [0.4, 0.5) is 0 Å². The number of hydrogen-bond donors (Lipinski definition) is 0. The number of benzene rings is 1. The van der Waals surface area contributed by atoms with Crippen molar-refractivity contribution in [1.82, 2.24) is 0 Å². The van der Waals surface area contributed by atoms with Crippen LogP contribution in [0.25, 0.3) is 0 Å². The Hall–Kier alpha value is -0.960. The van der Waals surface area contributed by atoms with E-state index in [1.54, 1.807) is 6.92 Å². The van der Waals surface area contributed by atoms with Gasteiger partial charge in [-0.2, -0.15) is 0 Å². The van der Waals surface area contributed by atoms with E-state index in [9.17, 15) is 9.36 Å². The fraction of sp³-hybridized carbons (Fsp3) is 0.462. The minimum absolute atomic E-state index is 0.146. The van der Waals surface area contributed by atoms with E-state index < -0.39 is 7.60 Å². The first-order valence-electron chi connectivity index (χ1n) is 5.71. The summed E-state index contributed by atoms with van der Waals surface area (Å²) in [5.41, 5.74) is 2.01. The van der Waals surface area contributed by atoms with E-state index in [2.05, 4.69) is 0 Å². The number of aryl methyl sites for hydroxylation is 1. The van der Waals surface area contributed by atoms with E-state index in [1.165, 1.54) is 14.2 Å². The van der Waals surface area contributed by atoms with Crippen LogP contribution in [0.5, 0.6) is 0 Å². The monoisotopic (exact) mass is 270 g/mol. The highest BCUT2D eigenvalue weighted by molar-refractivity contribution is 7.54. The Morgan fingerprint density at radius 2 is 1.94 bits per heavy atom. The molecule has 0 fully saturated rings. The van der Waals surface area contributed by atoms with Gasteiger partial charge in [0.1, 0.15) is 6.16 Å². The Bertz CT molecular complexity index is 462. The summed E-state index contributed by atoms with van der Waals surface area (Å²) < 4.78 is 21.5. The van der Waals surface area contributed by atoms with Gasteiger partial charge < -0.3 is 9.05 Å². The maximum absolute atomic E-state index is 12.1. The molecule has 4 nitrogen and oxygen atoms in total. The third-order valence-electron chi connectivity index (χ3n) is 2.93. The van der Waals surface area contributed by atoms with Crippen molar-refractivity contribution < 1.29 is 18.4 Å². The molecular formula is C13H19O4P. The van der Waals surface area contributed by atoms with E-state index >= 15 is 0 Å². The summed E-state index contributed by atoms with van der Waals surface area (Å²) in [5, 5.41) is 0. The summed E-state index contributed by atoms with van der Waals surface area (Å²) in [6.45, 7) is 3.77. The van der Waals surface area contributed by atoms with Crippen LogP contribution in [-0.2, 0) is 18.4 Å². The van der Waals surface area contributed by atoms with Gasteiger partial charge in [0.2, 0.25) is 0 Å². The Kier molecular flexibility index (Phi) is 5.27. The topological polar surface area (TPSA) is 52.6 Å². The lowest BCUT2D eigenvalue weighted by Crippen LogP contribution is -2.15. The van der Waals surface area contributed by atoms with E-state index in [-0.39, 0.29) is 17.9 Å². The Labute approximate surface area is 108 Å². The van der Waals surface area contributed by atoms with Crippen molar-refractivity contribution in [2.75, 3.05) is 20.4 Å². The van der Waals surface area contributed by atoms with Gasteiger partial charge >= 0.3 is 7.60 Å². The van der Waals surface area contributed by atoms with Crippen LogP contribution in [0, 0.1) is 6.92 Å². The first kappa shape index (κ1) is 15.1. The smallest absolute Gasteiger partial charge is 0.312 e. The quantitative estimate of drug-likeness (QED) is 0.745. The lowest BCUT2D eigenvalue weighted by atomic mass is 9.96. The molecule has 0 saturated carbocycles. The fourth-order valence-corrected chi connectivity index (χ4v) is 2.72. The second-order valence-electron chi connectivity index (χ2n) is 4.24. The number of ketones is 1. The summed E-state index contributed by atoms with van der Waals surface area (Å²) in [6.07, 6.45) is -0.199. The van der Waals surface area contributed by atoms with Crippen LogP contribution in [0.3, 0.4) is 0 Å². The van der Waals surface area contributed by atoms with Gasteiger partial charge in [0.05, 0.1) is 0 Å². The molecule has 100 valence electrons. The number of rotatable bonds is 6. The summed E-state index contributed by atoms with van der Waals surface area (Å²) >= 11 is 0. The SMILES string of the molecule is COP(=O)(CC(=O)[C@H](C)c1cccc(C)c1)OC. The molecule has 0 amide bonds. The molecule has 5 heteroatoms. The minimum Gasteiger partial charge on any atom is -0.312 e. The van der Waals surface area contributed by atoms with Gasteiger partial charge in [-0.3, -0.25) is 9.36 Å². The zero-order chi connectivity index (χ0) is 13.8. The molecule has 18 heavy (non-hydrogen) atoms. The Morgan fingerprint density at radius 1 is 1.33 bits per heavy atom. The van der Waals surface area contributed by atoms with Gasteiger partial charge in [-0.15, -0.1) is 0 Å². The van der Waals surface area contributed by atoms with Crippen molar-refractivity contribution in [3.63, 3.8) is 0 Å². The molecule has 1 rings (SSSR count). The van der Waals surface area contributed by atoms with Gasteiger partial charge in [-0.25, -0.2) is 0 Å². The van der Waals surface area contributed by atoms with Crippen molar-refractivity contribution in [3.8, 4) is 0 Å². The largest absolute Gasteiger partial charge is 0.337 e. The normalized spacial score (nSPS) is 13.3. The van der Waals surface area contributed by atoms with Crippen molar-refractivity contribution in [2.45, 2.75) is 19.8 Å². The zero-order valence-corrected chi connectivity index (χ0v) is 12.1. The third-order valence-corrected chi connectivity index (χ3v) is 4.74. The Morgan fingerprint density at radius 3 is 2.44 bits per heavy atom. The first-order valence-corrected chi connectivity index (χ1v) is 7.44. The average Bonchev–Trinajstić information content (AvgIpc) is 2.37. The molecule has 1 atom stereocenters. The third kappa shape index (κ3) is 3.77. The molecule has 1 aromatic rings. The lowest BCUT2D eigenvalue weighted by molar-refractivity contribution is -0.118. The van der Waals surface area contributed by atoms with Gasteiger partial charge in [0.15, 0.2) is 5.78 Å². The fourth-order valence-electron chi connectivity index (χ4n) is 1.66. The molecule has 0 saturated heterocycles. The van der Waals surface area contributed by atoms with Crippen LogP contribution in [0.1, 0.15) is 24.0 Å². The van der Waals surface area contributed by atoms with E-state index in [4.69, 9.17) is 9.05 Å². The minimum atomic E-state index is -3.27. The van der Waals surface area contributed by atoms with Crippen LogP contribution in [0.15, 0.2) is 24.3 Å². The highest BCUT2D eigenvalue weighted by Gasteiger charge is 2.28. The van der Waals surface area contributed by atoms with Crippen molar-refractivity contribution >= 4 is 13.4 Å². The maximum atomic E-state index is 12.1. The molecule has 0 aliphatic rings. The zero-order valence-electron chi connectivity index (χ0n) is 11.2. The van der Waals surface area contributed by atoms with Crippen LogP contribution < -0.4 is 0 Å². The van der Waals surface area contributed by atoms with Crippen molar-refractivity contribution in [2.24, 2.45) is 0 Å². The van der Waals surface area contributed by atoms with Gasteiger partial charge in [0.25, 0.3) is 0 Å². The molecular weight excluding hydrogens is 251 g/mol. The van der Waals surface area contributed by atoms with Crippen LogP contribution >= 0.6 is 7.60 Å². The highest BCUT2D eigenvalue weighted by atomic mass is 31.2. The standard InChI is InChI=1S/C13H19O4P/c1-10-6-5-7-12(8-10)11(2)13(14)9-18(15,16-3)17-4/h5-8,11H,9H2,1-4H3/t11-/m1/s1. The molecule has 0 aromatic heterocycles. The molecule has 0 N–H and O–H groups in total. The van der Waals surface area contributed by atoms with Crippen LogP contribution in [0.2, 0.25) is 0 Å².